The van der Waals surface area contributed by atoms with Crippen LogP contribution in [0, 0.1) is 17.8 Å². The lowest BCUT2D eigenvalue weighted by Crippen LogP contribution is -2.34. The van der Waals surface area contributed by atoms with Gasteiger partial charge in [0.1, 0.15) is 5.76 Å². The number of fused-ring (bicyclic) bond motifs is 1. The van der Waals surface area contributed by atoms with Crippen LogP contribution in [0.15, 0.2) is 11.8 Å². The molecule has 2 aliphatic carbocycles. The lowest BCUT2D eigenvalue weighted by atomic mass is 10.0. The zero-order valence-electron chi connectivity index (χ0n) is 9.54. The molecule has 0 bridgehead atoms. The molecule has 3 atom stereocenters. The van der Waals surface area contributed by atoms with Gasteiger partial charge in [0.25, 0.3) is 0 Å². The van der Waals surface area contributed by atoms with Gasteiger partial charge in [-0.2, -0.15) is 0 Å². The summed E-state index contributed by atoms with van der Waals surface area (Å²) >= 11 is 0. The minimum Gasteiger partial charge on any atom is -0.496 e. The smallest absolute Gasteiger partial charge is 0.109 e. The molecule has 3 unspecified atom stereocenters. The Kier molecular flexibility index (Phi) is 2.47. The van der Waals surface area contributed by atoms with Gasteiger partial charge in [0.15, 0.2) is 0 Å². The number of likely N-dealkylation sites (N-methyl/N-ethyl adjacent to an activating group) is 1. The molecule has 2 nitrogen and oxygen atoms in total. The molecule has 0 aromatic carbocycles. The molecule has 3 aliphatic rings. The third kappa shape index (κ3) is 1.59. The van der Waals surface area contributed by atoms with E-state index < -0.39 is 0 Å². The van der Waals surface area contributed by atoms with Crippen molar-refractivity contribution in [3.05, 3.63) is 11.8 Å². The largest absolute Gasteiger partial charge is 0.496 e. The molecule has 84 valence electrons. The average Bonchev–Trinajstić information content (AvgIpc) is 2.73. The third-order valence-electron chi connectivity index (χ3n) is 4.32. The zero-order valence-corrected chi connectivity index (χ0v) is 9.54. The van der Waals surface area contributed by atoms with Crippen molar-refractivity contribution in [3.63, 3.8) is 0 Å². The summed E-state index contributed by atoms with van der Waals surface area (Å²) in [5, 5.41) is 3.62. The van der Waals surface area contributed by atoms with Gasteiger partial charge in [-0.15, -0.1) is 0 Å². The fourth-order valence-corrected chi connectivity index (χ4v) is 3.67. The van der Waals surface area contributed by atoms with Crippen molar-refractivity contribution < 1.29 is 4.74 Å². The minimum absolute atomic E-state index is 0.535. The summed E-state index contributed by atoms with van der Waals surface area (Å²) in [6.45, 7) is 4.15. The van der Waals surface area contributed by atoms with Crippen molar-refractivity contribution in [1.82, 2.24) is 5.32 Å². The highest BCUT2D eigenvalue weighted by Crippen LogP contribution is 2.60. The lowest BCUT2D eigenvalue weighted by Gasteiger charge is -2.20. The van der Waals surface area contributed by atoms with E-state index in [0.29, 0.717) is 6.04 Å². The van der Waals surface area contributed by atoms with Gasteiger partial charge in [-0.05, 0) is 43.2 Å². The minimum atomic E-state index is 0.535. The average molecular weight is 207 g/mol. The summed E-state index contributed by atoms with van der Waals surface area (Å²) in [7, 11) is 0. The predicted octanol–water partition coefficient (Wildman–Crippen LogP) is 2.31. The Morgan fingerprint density at radius 3 is 2.87 bits per heavy atom. The van der Waals surface area contributed by atoms with Crippen LogP contribution in [0.2, 0.25) is 0 Å². The van der Waals surface area contributed by atoms with Crippen molar-refractivity contribution in [1.29, 1.82) is 0 Å². The van der Waals surface area contributed by atoms with Gasteiger partial charge in [0.05, 0.1) is 12.6 Å². The first-order valence-electron chi connectivity index (χ1n) is 6.48. The van der Waals surface area contributed by atoms with E-state index in [2.05, 4.69) is 18.3 Å². The monoisotopic (exact) mass is 207 g/mol. The summed E-state index contributed by atoms with van der Waals surface area (Å²) in [5.74, 6) is 4.16. The summed E-state index contributed by atoms with van der Waals surface area (Å²) in [4.78, 5) is 0. The van der Waals surface area contributed by atoms with Gasteiger partial charge in [-0.1, -0.05) is 13.3 Å². The number of ether oxygens (including phenoxy) is 1. The van der Waals surface area contributed by atoms with Crippen LogP contribution in [0.25, 0.3) is 0 Å². The van der Waals surface area contributed by atoms with Gasteiger partial charge < -0.3 is 10.1 Å². The van der Waals surface area contributed by atoms with E-state index in [1.807, 2.05) is 0 Å². The molecule has 0 amide bonds. The fourth-order valence-electron chi connectivity index (χ4n) is 3.67. The van der Waals surface area contributed by atoms with Crippen molar-refractivity contribution >= 4 is 0 Å². The number of hydrogen-bond acceptors (Lipinski definition) is 2. The van der Waals surface area contributed by atoms with E-state index in [4.69, 9.17) is 4.74 Å². The van der Waals surface area contributed by atoms with Crippen molar-refractivity contribution in [2.45, 2.75) is 38.6 Å². The maximum absolute atomic E-state index is 5.73. The molecular weight excluding hydrogens is 186 g/mol. The summed E-state index contributed by atoms with van der Waals surface area (Å²) in [6.07, 6.45) is 7.79. The molecule has 0 aromatic heterocycles. The molecule has 0 radical (unpaired) electrons. The number of rotatable bonds is 4. The van der Waals surface area contributed by atoms with E-state index in [9.17, 15) is 0 Å². The molecule has 0 aromatic rings. The van der Waals surface area contributed by atoms with E-state index >= 15 is 0 Å². The van der Waals surface area contributed by atoms with Crippen LogP contribution >= 0.6 is 0 Å². The van der Waals surface area contributed by atoms with Crippen LogP contribution in [-0.4, -0.2) is 19.2 Å². The van der Waals surface area contributed by atoms with Crippen LogP contribution in [0.4, 0.5) is 0 Å². The van der Waals surface area contributed by atoms with Gasteiger partial charge in [0.2, 0.25) is 0 Å². The molecule has 15 heavy (non-hydrogen) atoms. The molecule has 2 saturated carbocycles. The van der Waals surface area contributed by atoms with Crippen LogP contribution in [0.5, 0.6) is 0 Å². The molecule has 2 fully saturated rings. The van der Waals surface area contributed by atoms with Crippen LogP contribution < -0.4 is 5.32 Å². The molecule has 1 N–H and O–H groups in total. The predicted molar refractivity (Wildman–Crippen MR) is 60.4 cm³/mol. The fraction of sp³-hybridized carbons (Fsp3) is 0.846. The highest BCUT2D eigenvalue weighted by atomic mass is 16.5. The maximum Gasteiger partial charge on any atom is 0.109 e. The molecule has 3 rings (SSSR count). The van der Waals surface area contributed by atoms with Crippen LogP contribution in [0.3, 0.4) is 0 Å². The first-order valence-corrected chi connectivity index (χ1v) is 6.48. The zero-order chi connectivity index (χ0) is 10.3. The molecule has 0 saturated heterocycles. The quantitative estimate of drug-likeness (QED) is 0.764. The van der Waals surface area contributed by atoms with Gasteiger partial charge >= 0.3 is 0 Å². The first kappa shape index (κ1) is 9.71. The highest BCUT2D eigenvalue weighted by molar-refractivity contribution is 5.18. The molecule has 1 aliphatic heterocycles. The van der Waals surface area contributed by atoms with Crippen LogP contribution in [0.1, 0.15) is 32.6 Å². The van der Waals surface area contributed by atoms with E-state index in [1.54, 1.807) is 0 Å². The number of nitrogens with one attached hydrogen (secondary N) is 1. The van der Waals surface area contributed by atoms with Crippen molar-refractivity contribution in [3.8, 4) is 0 Å². The Hall–Kier alpha value is -0.500. The van der Waals surface area contributed by atoms with Gasteiger partial charge in [-0.25, -0.2) is 0 Å². The summed E-state index contributed by atoms with van der Waals surface area (Å²) < 4.78 is 5.73. The maximum atomic E-state index is 5.73. The number of hydrogen-bond donors (Lipinski definition) is 1. The summed E-state index contributed by atoms with van der Waals surface area (Å²) in [5.41, 5.74) is 0. The Balaban J connectivity index is 1.68. The van der Waals surface area contributed by atoms with Gasteiger partial charge in [0, 0.05) is 6.42 Å². The summed E-state index contributed by atoms with van der Waals surface area (Å²) in [6, 6.07) is 0.535. The van der Waals surface area contributed by atoms with E-state index in [1.165, 1.54) is 25.0 Å². The molecule has 1 heterocycles. The third-order valence-corrected chi connectivity index (χ3v) is 4.32. The highest BCUT2D eigenvalue weighted by Gasteiger charge is 2.56. The van der Waals surface area contributed by atoms with Crippen molar-refractivity contribution in [2.24, 2.45) is 17.8 Å². The Bertz CT molecular complexity index is 264. The molecular formula is C13H21NO. The standard InChI is InChI=1S/C13H21NO/c1-2-14-13(11-7-4-8-15-11)12-9-5-3-6-10(9)12/h7,9-10,12-14H,2-6,8H2,1H3. The first-order chi connectivity index (χ1) is 7.42. The lowest BCUT2D eigenvalue weighted by molar-refractivity contribution is 0.203. The molecule has 0 spiro atoms. The second-order valence-corrected chi connectivity index (χ2v) is 5.11. The van der Waals surface area contributed by atoms with Crippen LogP contribution in [-0.2, 0) is 4.74 Å². The van der Waals surface area contributed by atoms with Crippen molar-refractivity contribution in [2.75, 3.05) is 13.2 Å². The topological polar surface area (TPSA) is 21.3 Å². The normalized spacial score (nSPS) is 39.5. The SMILES string of the molecule is CCNC(C1=CCCO1)C1C2CCCC21. The van der Waals surface area contributed by atoms with E-state index in [0.717, 1.165) is 37.3 Å². The Morgan fingerprint density at radius 1 is 1.47 bits per heavy atom. The molecule has 2 heteroatoms. The Morgan fingerprint density at radius 2 is 2.27 bits per heavy atom. The second kappa shape index (κ2) is 3.82. The Labute approximate surface area is 92.1 Å². The van der Waals surface area contributed by atoms with E-state index in [-0.39, 0.29) is 0 Å². The second-order valence-electron chi connectivity index (χ2n) is 5.11. The van der Waals surface area contributed by atoms with Gasteiger partial charge in [-0.3, -0.25) is 0 Å².